The number of carboxylic acids is 1. The second-order valence-electron chi connectivity index (χ2n) is 7.55. The van der Waals surface area contributed by atoms with Gasteiger partial charge in [0.15, 0.2) is 5.16 Å². The van der Waals surface area contributed by atoms with E-state index >= 15 is 0 Å². The standard InChI is InChI=1S/C23H23N3O4S/c27-20(25-12-10-17(11-13-25)22(29)30)15-31-23-24-19-9-5-4-8-18(19)21(28)26(23)14-16-6-2-1-3-7-16/h1-9,17H,10-15H2,(H,29,30)/p-1. The van der Waals surface area contributed by atoms with Gasteiger partial charge in [-0.05, 0) is 30.5 Å². The van der Waals surface area contributed by atoms with Gasteiger partial charge in [-0.3, -0.25) is 14.2 Å². The van der Waals surface area contributed by atoms with Gasteiger partial charge in [0.25, 0.3) is 5.56 Å². The number of piperidine rings is 1. The number of aromatic nitrogens is 2. The van der Waals surface area contributed by atoms with Crippen LogP contribution in [0.25, 0.3) is 10.9 Å². The lowest BCUT2D eigenvalue weighted by Gasteiger charge is -2.32. The van der Waals surface area contributed by atoms with Gasteiger partial charge in [0.05, 0.1) is 23.2 Å². The van der Waals surface area contributed by atoms with Crippen molar-refractivity contribution >= 4 is 34.5 Å². The van der Waals surface area contributed by atoms with Gasteiger partial charge in [-0.15, -0.1) is 0 Å². The Morgan fingerprint density at radius 3 is 2.42 bits per heavy atom. The molecule has 0 spiro atoms. The van der Waals surface area contributed by atoms with Crippen molar-refractivity contribution in [2.45, 2.75) is 24.5 Å². The normalized spacial score (nSPS) is 14.6. The topological polar surface area (TPSA) is 95.3 Å². The second kappa shape index (κ2) is 9.34. The number of amides is 1. The number of carboxylic acid groups (broad SMARTS) is 1. The number of benzene rings is 2. The van der Waals surface area contributed by atoms with Crippen LogP contribution in [0.4, 0.5) is 0 Å². The summed E-state index contributed by atoms with van der Waals surface area (Å²) in [5.41, 5.74) is 1.43. The van der Waals surface area contributed by atoms with Gasteiger partial charge in [-0.1, -0.05) is 54.2 Å². The molecule has 0 bridgehead atoms. The maximum Gasteiger partial charge on any atom is 0.262 e. The summed E-state index contributed by atoms with van der Waals surface area (Å²) in [4.78, 5) is 43.2. The minimum Gasteiger partial charge on any atom is -0.550 e. The van der Waals surface area contributed by atoms with Crippen molar-refractivity contribution in [1.82, 2.24) is 14.5 Å². The number of fused-ring (bicyclic) bond motifs is 1. The zero-order valence-corrected chi connectivity index (χ0v) is 17.7. The van der Waals surface area contributed by atoms with Crippen LogP contribution in [0.2, 0.25) is 0 Å². The molecule has 1 aliphatic rings. The van der Waals surface area contributed by atoms with E-state index in [1.54, 1.807) is 21.6 Å². The monoisotopic (exact) mass is 436 g/mol. The summed E-state index contributed by atoms with van der Waals surface area (Å²) < 4.78 is 1.61. The molecule has 0 radical (unpaired) electrons. The van der Waals surface area contributed by atoms with Crippen molar-refractivity contribution in [2.24, 2.45) is 5.92 Å². The molecular formula is C23H22N3O4S-. The minimum absolute atomic E-state index is 0.0875. The molecule has 0 unspecified atom stereocenters. The van der Waals surface area contributed by atoms with Crippen LogP contribution in [0.3, 0.4) is 0 Å². The molecule has 2 heterocycles. The van der Waals surface area contributed by atoms with Gasteiger partial charge < -0.3 is 14.8 Å². The molecule has 1 saturated heterocycles. The Bertz CT molecular complexity index is 1150. The van der Waals surface area contributed by atoms with Crippen molar-refractivity contribution in [1.29, 1.82) is 0 Å². The molecule has 7 nitrogen and oxygen atoms in total. The summed E-state index contributed by atoms with van der Waals surface area (Å²) in [6, 6.07) is 16.8. The third-order valence-electron chi connectivity index (χ3n) is 5.52. The Hall–Kier alpha value is -3.13. The van der Waals surface area contributed by atoms with Crippen LogP contribution in [-0.4, -0.2) is 45.2 Å². The Labute approximate surface area is 183 Å². The first-order valence-electron chi connectivity index (χ1n) is 10.2. The van der Waals surface area contributed by atoms with Crippen molar-refractivity contribution in [3.63, 3.8) is 0 Å². The third-order valence-corrected chi connectivity index (χ3v) is 6.48. The zero-order valence-electron chi connectivity index (χ0n) is 16.9. The number of rotatable bonds is 6. The fraction of sp³-hybridized carbons (Fsp3) is 0.304. The quantitative estimate of drug-likeness (QED) is 0.430. The van der Waals surface area contributed by atoms with Gasteiger partial charge in [0.2, 0.25) is 5.91 Å². The lowest BCUT2D eigenvalue weighted by atomic mass is 9.97. The van der Waals surface area contributed by atoms with E-state index in [-0.39, 0.29) is 17.2 Å². The number of carbonyl (C=O) groups excluding carboxylic acids is 2. The lowest BCUT2D eigenvalue weighted by molar-refractivity contribution is -0.312. The van der Waals surface area contributed by atoms with Crippen molar-refractivity contribution in [3.05, 3.63) is 70.5 Å². The van der Waals surface area contributed by atoms with Crippen LogP contribution in [0.1, 0.15) is 18.4 Å². The molecule has 8 heteroatoms. The van der Waals surface area contributed by atoms with Crippen molar-refractivity contribution in [3.8, 4) is 0 Å². The number of nitrogens with zero attached hydrogens (tertiary/aromatic N) is 3. The smallest absolute Gasteiger partial charge is 0.262 e. The Kier molecular flexibility index (Phi) is 6.36. The SMILES string of the molecule is O=C([O-])C1CCN(C(=O)CSc2nc3ccccc3c(=O)n2Cc2ccccc2)CC1. The maximum absolute atomic E-state index is 13.2. The third kappa shape index (κ3) is 4.80. The number of para-hydroxylation sites is 1. The molecule has 0 saturated carbocycles. The fourth-order valence-corrected chi connectivity index (χ4v) is 4.65. The number of carbonyl (C=O) groups is 2. The molecule has 1 aromatic heterocycles. The summed E-state index contributed by atoms with van der Waals surface area (Å²) >= 11 is 1.24. The minimum atomic E-state index is -1.05. The highest BCUT2D eigenvalue weighted by Crippen LogP contribution is 2.22. The summed E-state index contributed by atoms with van der Waals surface area (Å²) in [6.45, 7) is 1.17. The number of thioether (sulfide) groups is 1. The van der Waals surface area contributed by atoms with Gasteiger partial charge in [0, 0.05) is 25.0 Å². The average Bonchev–Trinajstić information content (AvgIpc) is 2.80. The van der Waals surface area contributed by atoms with Gasteiger partial charge in [-0.25, -0.2) is 4.98 Å². The molecule has 3 aromatic rings. The number of hydrogen-bond acceptors (Lipinski definition) is 6. The summed E-state index contributed by atoms with van der Waals surface area (Å²) in [5, 5.41) is 12.0. The first-order chi connectivity index (χ1) is 15.0. The molecule has 31 heavy (non-hydrogen) atoms. The summed E-state index contributed by atoms with van der Waals surface area (Å²) in [7, 11) is 0. The predicted molar refractivity (Wildman–Crippen MR) is 117 cm³/mol. The molecule has 0 N–H and O–H groups in total. The van der Waals surface area contributed by atoms with Crippen LogP contribution in [-0.2, 0) is 16.1 Å². The highest BCUT2D eigenvalue weighted by Gasteiger charge is 2.24. The highest BCUT2D eigenvalue weighted by molar-refractivity contribution is 7.99. The van der Waals surface area contributed by atoms with Crippen LogP contribution in [0, 0.1) is 5.92 Å². The van der Waals surface area contributed by atoms with Gasteiger partial charge in [-0.2, -0.15) is 0 Å². The highest BCUT2D eigenvalue weighted by atomic mass is 32.2. The van der Waals surface area contributed by atoms with E-state index in [1.807, 2.05) is 42.5 Å². The van der Waals surface area contributed by atoms with Crippen molar-refractivity contribution in [2.75, 3.05) is 18.8 Å². The molecular weight excluding hydrogens is 414 g/mol. The molecule has 160 valence electrons. The van der Waals surface area contributed by atoms with Crippen molar-refractivity contribution < 1.29 is 14.7 Å². The molecule has 2 aromatic carbocycles. The predicted octanol–water partition coefficient (Wildman–Crippen LogP) is 1.53. The van der Waals surface area contributed by atoms with E-state index in [4.69, 9.17) is 0 Å². The first-order valence-corrected chi connectivity index (χ1v) is 11.2. The van der Waals surface area contributed by atoms with Crippen LogP contribution >= 0.6 is 11.8 Å². The summed E-state index contributed by atoms with van der Waals surface area (Å²) in [6.07, 6.45) is 0.817. The molecule has 0 aliphatic carbocycles. The lowest BCUT2D eigenvalue weighted by Crippen LogP contribution is -2.44. The largest absolute Gasteiger partial charge is 0.550 e. The molecule has 1 amide bonds. The number of likely N-dealkylation sites (tertiary alicyclic amines) is 1. The fourth-order valence-electron chi connectivity index (χ4n) is 3.75. The van der Waals surface area contributed by atoms with Gasteiger partial charge in [0.1, 0.15) is 0 Å². The van der Waals surface area contributed by atoms with Crippen LogP contribution in [0.5, 0.6) is 0 Å². The van der Waals surface area contributed by atoms with E-state index in [9.17, 15) is 19.5 Å². The molecule has 1 aliphatic heterocycles. The average molecular weight is 437 g/mol. The first kappa shape index (κ1) is 21.1. The van der Waals surface area contributed by atoms with E-state index in [0.717, 1.165) is 5.56 Å². The Balaban J connectivity index is 1.55. The summed E-state index contributed by atoms with van der Waals surface area (Å²) in [5.74, 6) is -1.49. The van der Waals surface area contributed by atoms with Crippen LogP contribution < -0.4 is 10.7 Å². The molecule has 4 rings (SSSR count). The Morgan fingerprint density at radius 2 is 1.71 bits per heavy atom. The Morgan fingerprint density at radius 1 is 1.03 bits per heavy atom. The molecule has 1 fully saturated rings. The zero-order chi connectivity index (χ0) is 21.8. The van der Waals surface area contributed by atoms with E-state index in [0.29, 0.717) is 48.5 Å². The van der Waals surface area contributed by atoms with Crippen LogP contribution in [0.15, 0.2) is 64.5 Å². The second-order valence-corrected chi connectivity index (χ2v) is 8.49. The van der Waals surface area contributed by atoms with E-state index < -0.39 is 11.9 Å². The van der Waals surface area contributed by atoms with E-state index in [1.165, 1.54) is 11.8 Å². The number of aliphatic carboxylic acids is 1. The van der Waals surface area contributed by atoms with E-state index in [2.05, 4.69) is 4.98 Å². The number of hydrogen-bond donors (Lipinski definition) is 0. The van der Waals surface area contributed by atoms with Gasteiger partial charge >= 0.3 is 0 Å². The molecule has 0 atom stereocenters. The maximum atomic E-state index is 13.2.